The van der Waals surface area contributed by atoms with E-state index in [4.69, 9.17) is 5.73 Å². The van der Waals surface area contributed by atoms with Gasteiger partial charge in [-0.3, -0.25) is 0 Å². The molecule has 0 unspecified atom stereocenters. The van der Waals surface area contributed by atoms with Gasteiger partial charge in [-0.25, -0.2) is 15.0 Å². The highest BCUT2D eigenvalue weighted by Crippen LogP contribution is 2.29. The van der Waals surface area contributed by atoms with E-state index in [9.17, 15) is 0 Å². The van der Waals surface area contributed by atoms with E-state index in [1.54, 1.807) is 6.20 Å². The molecule has 15 heavy (non-hydrogen) atoms. The van der Waals surface area contributed by atoms with Gasteiger partial charge in [-0.1, -0.05) is 18.3 Å². The summed E-state index contributed by atoms with van der Waals surface area (Å²) < 4.78 is 0. The highest BCUT2D eigenvalue weighted by molar-refractivity contribution is 7.18. The fourth-order valence-electron chi connectivity index (χ4n) is 1.35. The summed E-state index contributed by atoms with van der Waals surface area (Å²) in [5.74, 6) is 0.846. The van der Waals surface area contributed by atoms with Gasteiger partial charge in [0, 0.05) is 12.6 Å². The Morgan fingerprint density at radius 2 is 2.20 bits per heavy atom. The zero-order valence-corrected chi connectivity index (χ0v) is 9.51. The van der Waals surface area contributed by atoms with Crippen LogP contribution in [0.15, 0.2) is 12.3 Å². The maximum atomic E-state index is 5.65. The van der Waals surface area contributed by atoms with Crippen LogP contribution < -0.4 is 5.73 Å². The van der Waals surface area contributed by atoms with Gasteiger partial charge < -0.3 is 5.73 Å². The maximum Gasteiger partial charge on any atom is 0.180 e. The third kappa shape index (κ3) is 1.97. The van der Waals surface area contributed by atoms with E-state index in [0.717, 1.165) is 28.5 Å². The number of nitrogens with two attached hydrogens (primary N) is 1. The molecular weight excluding hydrogens is 208 g/mol. The summed E-state index contributed by atoms with van der Waals surface area (Å²) in [7, 11) is 0. The molecule has 2 N–H and O–H groups in total. The zero-order chi connectivity index (χ0) is 10.8. The van der Waals surface area contributed by atoms with Crippen LogP contribution in [-0.2, 0) is 6.42 Å². The van der Waals surface area contributed by atoms with E-state index in [2.05, 4.69) is 15.0 Å². The standard InChI is InChI=1S/C10H12N4S/c1-3-8-12-5-4-7(14-8)9-6(2)13-10(11)15-9/h4-5H,3H2,1-2H3,(H2,11,13). The number of aryl methyl sites for hydroxylation is 2. The first-order valence-corrected chi connectivity index (χ1v) is 5.57. The minimum Gasteiger partial charge on any atom is -0.375 e. The topological polar surface area (TPSA) is 64.7 Å². The van der Waals surface area contributed by atoms with Crippen LogP contribution in [0.25, 0.3) is 10.6 Å². The Morgan fingerprint density at radius 3 is 2.80 bits per heavy atom. The lowest BCUT2D eigenvalue weighted by Gasteiger charge is -1.99. The number of hydrogen-bond acceptors (Lipinski definition) is 5. The predicted molar refractivity (Wildman–Crippen MR) is 61.7 cm³/mol. The Hall–Kier alpha value is -1.49. The van der Waals surface area contributed by atoms with Gasteiger partial charge in [0.25, 0.3) is 0 Å². The van der Waals surface area contributed by atoms with Crippen LogP contribution in [0.2, 0.25) is 0 Å². The van der Waals surface area contributed by atoms with Crippen LogP contribution in [0.5, 0.6) is 0 Å². The number of hydrogen-bond donors (Lipinski definition) is 1. The molecular formula is C10H12N4S. The van der Waals surface area contributed by atoms with E-state index >= 15 is 0 Å². The van der Waals surface area contributed by atoms with Crippen LogP contribution in [0, 0.1) is 6.92 Å². The second-order valence-electron chi connectivity index (χ2n) is 3.18. The van der Waals surface area contributed by atoms with Gasteiger partial charge in [0.2, 0.25) is 0 Å². The van der Waals surface area contributed by atoms with Gasteiger partial charge >= 0.3 is 0 Å². The molecule has 0 aliphatic rings. The molecule has 2 aromatic heterocycles. The van der Waals surface area contributed by atoms with Crippen molar-refractivity contribution in [3.63, 3.8) is 0 Å². The highest BCUT2D eigenvalue weighted by Gasteiger charge is 2.09. The number of aromatic nitrogens is 3. The normalized spacial score (nSPS) is 10.5. The van der Waals surface area contributed by atoms with Crippen molar-refractivity contribution in [2.24, 2.45) is 0 Å². The first-order chi connectivity index (χ1) is 7.20. The van der Waals surface area contributed by atoms with Gasteiger partial charge in [0.1, 0.15) is 5.82 Å². The monoisotopic (exact) mass is 220 g/mol. The Morgan fingerprint density at radius 1 is 1.40 bits per heavy atom. The van der Waals surface area contributed by atoms with Gasteiger partial charge in [-0.05, 0) is 13.0 Å². The lowest BCUT2D eigenvalue weighted by molar-refractivity contribution is 0.943. The van der Waals surface area contributed by atoms with Crippen molar-refractivity contribution in [3.8, 4) is 10.6 Å². The lowest BCUT2D eigenvalue weighted by Crippen LogP contribution is -1.93. The molecule has 0 atom stereocenters. The fourth-order valence-corrected chi connectivity index (χ4v) is 2.15. The van der Waals surface area contributed by atoms with E-state index in [-0.39, 0.29) is 0 Å². The van der Waals surface area contributed by atoms with Crippen LogP contribution in [-0.4, -0.2) is 15.0 Å². The summed E-state index contributed by atoms with van der Waals surface area (Å²) >= 11 is 1.46. The third-order valence-corrected chi connectivity index (χ3v) is 3.08. The average molecular weight is 220 g/mol. The average Bonchev–Trinajstić information content (AvgIpc) is 2.58. The molecule has 0 amide bonds. The number of nitrogen functional groups attached to an aromatic ring is 1. The van der Waals surface area contributed by atoms with E-state index < -0.39 is 0 Å². The summed E-state index contributed by atoms with van der Waals surface area (Å²) in [5.41, 5.74) is 7.49. The SMILES string of the molecule is CCc1nccc(-c2sc(N)nc2C)n1. The number of rotatable bonds is 2. The summed E-state index contributed by atoms with van der Waals surface area (Å²) in [6.07, 6.45) is 2.61. The van der Waals surface area contributed by atoms with Gasteiger partial charge in [0.15, 0.2) is 5.13 Å². The maximum absolute atomic E-state index is 5.65. The summed E-state index contributed by atoms with van der Waals surface area (Å²) in [6, 6.07) is 1.89. The molecule has 0 aromatic carbocycles. The summed E-state index contributed by atoms with van der Waals surface area (Å²) in [4.78, 5) is 13.8. The van der Waals surface area contributed by atoms with Crippen LogP contribution >= 0.6 is 11.3 Å². The van der Waals surface area contributed by atoms with Crippen molar-refractivity contribution in [1.82, 2.24) is 15.0 Å². The Balaban J connectivity index is 2.49. The molecule has 0 aliphatic heterocycles. The molecule has 2 heterocycles. The Labute approximate surface area is 92.2 Å². The van der Waals surface area contributed by atoms with Gasteiger partial charge in [0.05, 0.1) is 16.3 Å². The van der Waals surface area contributed by atoms with Gasteiger partial charge in [-0.2, -0.15) is 0 Å². The first-order valence-electron chi connectivity index (χ1n) is 4.76. The van der Waals surface area contributed by atoms with E-state index in [1.165, 1.54) is 11.3 Å². The molecule has 0 saturated carbocycles. The molecule has 0 fully saturated rings. The van der Waals surface area contributed by atoms with Crippen molar-refractivity contribution in [2.45, 2.75) is 20.3 Å². The highest BCUT2D eigenvalue weighted by atomic mass is 32.1. The largest absolute Gasteiger partial charge is 0.375 e. The number of thiazole rings is 1. The third-order valence-electron chi connectivity index (χ3n) is 2.07. The molecule has 0 saturated heterocycles. The lowest BCUT2D eigenvalue weighted by atomic mass is 10.3. The van der Waals surface area contributed by atoms with Crippen molar-refractivity contribution < 1.29 is 0 Å². The molecule has 0 radical (unpaired) electrons. The zero-order valence-electron chi connectivity index (χ0n) is 8.69. The minimum absolute atomic E-state index is 0.583. The smallest absolute Gasteiger partial charge is 0.180 e. The Kier molecular flexibility index (Phi) is 2.64. The van der Waals surface area contributed by atoms with Crippen molar-refractivity contribution >= 4 is 16.5 Å². The molecule has 4 nitrogen and oxygen atoms in total. The molecule has 2 aromatic rings. The number of anilines is 1. The summed E-state index contributed by atoms with van der Waals surface area (Å²) in [5, 5.41) is 0.583. The molecule has 5 heteroatoms. The first kappa shape index (κ1) is 10.0. The molecule has 78 valence electrons. The van der Waals surface area contributed by atoms with E-state index in [1.807, 2.05) is 19.9 Å². The minimum atomic E-state index is 0.583. The molecule has 0 spiro atoms. The molecule has 0 aliphatic carbocycles. The second kappa shape index (κ2) is 3.94. The van der Waals surface area contributed by atoms with Crippen LogP contribution in [0.3, 0.4) is 0 Å². The number of nitrogens with zero attached hydrogens (tertiary/aromatic N) is 3. The van der Waals surface area contributed by atoms with Crippen LogP contribution in [0.1, 0.15) is 18.4 Å². The van der Waals surface area contributed by atoms with Gasteiger partial charge in [-0.15, -0.1) is 0 Å². The quantitative estimate of drug-likeness (QED) is 0.841. The fraction of sp³-hybridized carbons (Fsp3) is 0.300. The van der Waals surface area contributed by atoms with Crippen molar-refractivity contribution in [3.05, 3.63) is 23.8 Å². The second-order valence-corrected chi connectivity index (χ2v) is 4.21. The molecule has 0 bridgehead atoms. The van der Waals surface area contributed by atoms with Crippen molar-refractivity contribution in [2.75, 3.05) is 5.73 Å². The van der Waals surface area contributed by atoms with E-state index in [0.29, 0.717) is 5.13 Å². The molecule has 2 rings (SSSR count). The Bertz CT molecular complexity index is 478. The summed E-state index contributed by atoms with van der Waals surface area (Å²) in [6.45, 7) is 3.98. The van der Waals surface area contributed by atoms with Crippen molar-refractivity contribution in [1.29, 1.82) is 0 Å². The van der Waals surface area contributed by atoms with Crippen LogP contribution in [0.4, 0.5) is 5.13 Å². The predicted octanol–water partition coefficient (Wildman–Crippen LogP) is 2.05.